The third-order valence-corrected chi connectivity index (χ3v) is 3.76. The molecule has 1 saturated heterocycles. The molecule has 20 heavy (non-hydrogen) atoms. The molecule has 1 aliphatic rings. The number of rotatable bonds is 3. The van der Waals surface area contributed by atoms with Gasteiger partial charge < -0.3 is 15.8 Å². The molecule has 2 rings (SSSR count). The second-order valence-corrected chi connectivity index (χ2v) is 5.50. The molecule has 4 nitrogen and oxygen atoms in total. The number of hydrogen-bond acceptors (Lipinski definition) is 3. The molecule has 0 saturated carbocycles. The highest BCUT2D eigenvalue weighted by Crippen LogP contribution is 2.22. The average molecular weight is 368 g/mol. The van der Waals surface area contributed by atoms with E-state index >= 15 is 0 Å². The maximum atomic E-state index is 13.6. The van der Waals surface area contributed by atoms with E-state index in [0.717, 1.165) is 12.8 Å². The Kier molecular flexibility index (Phi) is 6.88. The van der Waals surface area contributed by atoms with Crippen LogP contribution in [-0.2, 0) is 9.53 Å². The lowest BCUT2D eigenvalue weighted by Gasteiger charge is -2.26. The van der Waals surface area contributed by atoms with Gasteiger partial charge in [0, 0.05) is 17.7 Å². The molecule has 0 aliphatic carbocycles. The molecule has 1 aromatic rings. The van der Waals surface area contributed by atoms with Crippen molar-refractivity contribution in [1.29, 1.82) is 0 Å². The molecular formula is C13H17BrClFN2O2. The van der Waals surface area contributed by atoms with Crippen LogP contribution in [0.15, 0.2) is 22.7 Å². The smallest absolute Gasteiger partial charge is 0.241 e. The van der Waals surface area contributed by atoms with Gasteiger partial charge in [0.2, 0.25) is 5.91 Å². The monoisotopic (exact) mass is 366 g/mol. The molecule has 3 N–H and O–H groups in total. The van der Waals surface area contributed by atoms with Crippen molar-refractivity contribution in [3.05, 3.63) is 28.5 Å². The number of carbonyl (C=O) groups is 1. The van der Waals surface area contributed by atoms with Crippen LogP contribution in [0.2, 0.25) is 0 Å². The summed E-state index contributed by atoms with van der Waals surface area (Å²) in [6.07, 6.45) is 1.52. The minimum absolute atomic E-state index is 0. The molecule has 0 aromatic heterocycles. The zero-order valence-corrected chi connectivity index (χ0v) is 13.2. The Labute approximate surface area is 131 Å². The maximum Gasteiger partial charge on any atom is 0.241 e. The lowest BCUT2D eigenvalue weighted by molar-refractivity contribution is -0.119. The predicted octanol–water partition coefficient (Wildman–Crippen LogP) is 2.70. The van der Waals surface area contributed by atoms with Gasteiger partial charge in [-0.3, -0.25) is 4.79 Å². The molecule has 112 valence electrons. The van der Waals surface area contributed by atoms with Crippen LogP contribution < -0.4 is 11.1 Å². The van der Waals surface area contributed by atoms with E-state index in [0.29, 0.717) is 17.7 Å². The van der Waals surface area contributed by atoms with E-state index in [1.54, 1.807) is 6.07 Å². The van der Waals surface area contributed by atoms with Gasteiger partial charge in [-0.25, -0.2) is 4.39 Å². The molecule has 1 fully saturated rings. The van der Waals surface area contributed by atoms with E-state index in [9.17, 15) is 9.18 Å². The Morgan fingerprint density at radius 2 is 2.10 bits per heavy atom. The van der Waals surface area contributed by atoms with Crippen molar-refractivity contribution >= 4 is 39.9 Å². The fourth-order valence-corrected chi connectivity index (χ4v) is 2.43. The van der Waals surface area contributed by atoms with Crippen molar-refractivity contribution in [2.45, 2.75) is 18.9 Å². The van der Waals surface area contributed by atoms with Crippen molar-refractivity contribution in [1.82, 2.24) is 0 Å². The largest absolute Gasteiger partial charge is 0.381 e. The third kappa shape index (κ3) is 4.41. The number of nitrogens with one attached hydrogen (secondary N) is 1. The fourth-order valence-electron chi connectivity index (χ4n) is 2.10. The summed E-state index contributed by atoms with van der Waals surface area (Å²) in [5, 5.41) is 2.53. The van der Waals surface area contributed by atoms with Crippen LogP contribution in [0.5, 0.6) is 0 Å². The minimum Gasteiger partial charge on any atom is -0.381 e. The van der Waals surface area contributed by atoms with E-state index in [-0.39, 0.29) is 29.9 Å². The number of nitrogens with two attached hydrogens (primary N) is 1. The van der Waals surface area contributed by atoms with E-state index < -0.39 is 11.9 Å². The van der Waals surface area contributed by atoms with Crippen molar-refractivity contribution < 1.29 is 13.9 Å². The van der Waals surface area contributed by atoms with Crippen LogP contribution in [-0.4, -0.2) is 25.2 Å². The van der Waals surface area contributed by atoms with Gasteiger partial charge in [-0.05, 0) is 37.0 Å². The number of benzene rings is 1. The first kappa shape index (κ1) is 17.4. The third-order valence-electron chi connectivity index (χ3n) is 3.27. The predicted molar refractivity (Wildman–Crippen MR) is 81.5 cm³/mol. The maximum absolute atomic E-state index is 13.6. The molecule has 1 aliphatic heterocycles. The van der Waals surface area contributed by atoms with Gasteiger partial charge >= 0.3 is 0 Å². The van der Waals surface area contributed by atoms with Gasteiger partial charge in [0.25, 0.3) is 0 Å². The van der Waals surface area contributed by atoms with Gasteiger partial charge in [-0.2, -0.15) is 0 Å². The van der Waals surface area contributed by atoms with Gasteiger partial charge in [0.05, 0.1) is 11.7 Å². The topological polar surface area (TPSA) is 64.4 Å². The SMILES string of the molecule is Cl.NC(C(=O)Nc1ccc(Br)cc1F)C1CCOCC1. The van der Waals surface area contributed by atoms with Gasteiger partial charge in [0.1, 0.15) is 5.82 Å². The molecule has 0 bridgehead atoms. The second kappa shape index (κ2) is 7.93. The number of ether oxygens (including phenoxy) is 1. The Morgan fingerprint density at radius 1 is 1.45 bits per heavy atom. The van der Waals surface area contributed by atoms with Crippen molar-refractivity contribution in [3.8, 4) is 0 Å². The summed E-state index contributed by atoms with van der Waals surface area (Å²) in [6.45, 7) is 1.25. The fraction of sp³-hybridized carbons (Fsp3) is 0.462. The Balaban J connectivity index is 0.00000200. The van der Waals surface area contributed by atoms with Gasteiger partial charge in [0.15, 0.2) is 0 Å². The lowest BCUT2D eigenvalue weighted by Crippen LogP contribution is -2.44. The number of carbonyl (C=O) groups excluding carboxylic acids is 1. The molecule has 7 heteroatoms. The quantitative estimate of drug-likeness (QED) is 0.863. The highest BCUT2D eigenvalue weighted by Gasteiger charge is 2.26. The number of amides is 1. The summed E-state index contributed by atoms with van der Waals surface area (Å²) in [5.74, 6) is -0.748. The molecule has 1 atom stereocenters. The minimum atomic E-state index is -0.632. The normalized spacial score (nSPS) is 17.1. The summed E-state index contributed by atoms with van der Waals surface area (Å²) >= 11 is 3.16. The average Bonchev–Trinajstić information content (AvgIpc) is 2.42. The molecule has 1 amide bonds. The summed E-state index contributed by atoms with van der Waals surface area (Å²) < 4.78 is 19.5. The van der Waals surface area contributed by atoms with Crippen LogP contribution in [0.3, 0.4) is 0 Å². The first-order valence-electron chi connectivity index (χ1n) is 6.17. The number of halogens is 3. The molecule has 0 spiro atoms. The van der Waals surface area contributed by atoms with E-state index in [4.69, 9.17) is 10.5 Å². The first-order chi connectivity index (χ1) is 9.08. The number of hydrogen-bond donors (Lipinski definition) is 2. The molecule has 1 heterocycles. The Hall–Kier alpha value is -0.690. The van der Waals surface area contributed by atoms with Crippen LogP contribution >= 0.6 is 28.3 Å². The van der Waals surface area contributed by atoms with Crippen LogP contribution in [0.25, 0.3) is 0 Å². The van der Waals surface area contributed by atoms with E-state index in [1.807, 2.05) is 0 Å². The van der Waals surface area contributed by atoms with Crippen molar-refractivity contribution in [2.24, 2.45) is 11.7 Å². The summed E-state index contributed by atoms with van der Waals surface area (Å²) in [7, 11) is 0. The zero-order chi connectivity index (χ0) is 13.8. The molecule has 1 unspecified atom stereocenters. The summed E-state index contributed by atoms with van der Waals surface area (Å²) in [6, 6.07) is 3.84. The first-order valence-corrected chi connectivity index (χ1v) is 6.96. The summed E-state index contributed by atoms with van der Waals surface area (Å²) in [5.41, 5.74) is 6.07. The van der Waals surface area contributed by atoms with Crippen LogP contribution in [0.4, 0.5) is 10.1 Å². The zero-order valence-electron chi connectivity index (χ0n) is 10.8. The van der Waals surface area contributed by atoms with Gasteiger partial charge in [-0.1, -0.05) is 15.9 Å². The summed E-state index contributed by atoms with van der Waals surface area (Å²) in [4.78, 5) is 12.0. The Morgan fingerprint density at radius 3 is 2.70 bits per heavy atom. The molecule has 0 radical (unpaired) electrons. The van der Waals surface area contributed by atoms with E-state index in [1.165, 1.54) is 12.1 Å². The second-order valence-electron chi connectivity index (χ2n) is 4.59. The lowest BCUT2D eigenvalue weighted by atomic mass is 9.92. The number of anilines is 1. The highest BCUT2D eigenvalue weighted by atomic mass is 79.9. The van der Waals surface area contributed by atoms with E-state index in [2.05, 4.69) is 21.2 Å². The van der Waals surface area contributed by atoms with Crippen LogP contribution in [0.1, 0.15) is 12.8 Å². The standard InChI is InChI=1S/C13H16BrFN2O2.ClH/c14-9-1-2-11(10(15)7-9)17-13(18)12(16)8-3-5-19-6-4-8;/h1-2,7-8,12H,3-6,16H2,(H,17,18);1H. The highest BCUT2D eigenvalue weighted by molar-refractivity contribution is 9.10. The van der Waals surface area contributed by atoms with Crippen molar-refractivity contribution in [3.63, 3.8) is 0 Å². The van der Waals surface area contributed by atoms with Crippen molar-refractivity contribution in [2.75, 3.05) is 18.5 Å². The Bertz CT molecular complexity index is 470. The van der Waals surface area contributed by atoms with Gasteiger partial charge in [-0.15, -0.1) is 12.4 Å². The molecule has 1 aromatic carbocycles. The van der Waals surface area contributed by atoms with Crippen LogP contribution in [0, 0.1) is 11.7 Å². The molecular weight excluding hydrogens is 351 g/mol.